The van der Waals surface area contributed by atoms with Crippen LogP contribution in [0.1, 0.15) is 26.7 Å². The van der Waals surface area contributed by atoms with Gasteiger partial charge in [0.15, 0.2) is 5.60 Å². The van der Waals surface area contributed by atoms with Crippen LogP contribution in [-0.2, 0) is 9.53 Å². The van der Waals surface area contributed by atoms with Crippen molar-refractivity contribution in [1.82, 2.24) is 0 Å². The van der Waals surface area contributed by atoms with Crippen LogP contribution in [-0.4, -0.2) is 45.2 Å². The molecule has 0 heterocycles. The Morgan fingerprint density at radius 2 is 2.00 bits per heavy atom. The second-order valence-corrected chi connectivity index (χ2v) is 4.54. The number of aliphatic hydroxyl groups is 3. The van der Waals surface area contributed by atoms with Gasteiger partial charge in [-0.3, -0.25) is 4.79 Å². The number of esters is 1. The molecule has 18 heavy (non-hydrogen) atoms. The largest absolute Gasteiger partial charge is 0.460 e. The summed E-state index contributed by atoms with van der Waals surface area (Å²) in [6.45, 7) is 6.41. The summed E-state index contributed by atoms with van der Waals surface area (Å²) >= 11 is 0. The molecule has 0 spiro atoms. The molecule has 0 saturated heterocycles. The molecule has 0 aromatic heterocycles. The van der Waals surface area contributed by atoms with E-state index in [-0.39, 0.29) is 12.8 Å². The maximum Gasteiger partial charge on any atom is 0.302 e. The number of rotatable bonds is 1. The van der Waals surface area contributed by atoms with Gasteiger partial charge < -0.3 is 20.1 Å². The van der Waals surface area contributed by atoms with Crippen molar-refractivity contribution in [3.05, 3.63) is 12.2 Å². The van der Waals surface area contributed by atoms with Gasteiger partial charge in [0.1, 0.15) is 12.2 Å². The zero-order valence-electron chi connectivity index (χ0n) is 10.5. The maximum atomic E-state index is 10.9. The second kappa shape index (κ2) is 5.53. The fourth-order valence-corrected chi connectivity index (χ4v) is 1.88. The van der Waals surface area contributed by atoms with Crippen molar-refractivity contribution in [3.8, 4) is 11.8 Å². The summed E-state index contributed by atoms with van der Waals surface area (Å²) in [6.07, 6.45) is -3.03. The van der Waals surface area contributed by atoms with E-state index in [2.05, 4.69) is 18.4 Å². The van der Waals surface area contributed by atoms with Crippen LogP contribution in [0.2, 0.25) is 0 Å². The van der Waals surface area contributed by atoms with Crippen LogP contribution in [0.5, 0.6) is 0 Å². The van der Waals surface area contributed by atoms with E-state index in [4.69, 9.17) is 4.74 Å². The number of hydrogen-bond acceptors (Lipinski definition) is 5. The van der Waals surface area contributed by atoms with Crippen LogP contribution in [0.4, 0.5) is 0 Å². The average molecular weight is 254 g/mol. The molecule has 1 aliphatic carbocycles. The molecule has 1 fully saturated rings. The van der Waals surface area contributed by atoms with Gasteiger partial charge in [0.05, 0.1) is 6.10 Å². The molecule has 1 saturated carbocycles. The van der Waals surface area contributed by atoms with Gasteiger partial charge in [-0.2, -0.15) is 0 Å². The van der Waals surface area contributed by atoms with E-state index in [0.717, 1.165) is 0 Å². The van der Waals surface area contributed by atoms with Crippen LogP contribution in [0.25, 0.3) is 0 Å². The molecule has 0 radical (unpaired) electrons. The molecule has 0 amide bonds. The lowest BCUT2D eigenvalue weighted by atomic mass is 9.78. The van der Waals surface area contributed by atoms with E-state index in [1.165, 1.54) is 6.92 Å². The summed E-state index contributed by atoms with van der Waals surface area (Å²) in [4.78, 5) is 10.9. The quantitative estimate of drug-likeness (QED) is 0.443. The second-order valence-electron chi connectivity index (χ2n) is 4.54. The van der Waals surface area contributed by atoms with E-state index >= 15 is 0 Å². The highest BCUT2D eigenvalue weighted by Gasteiger charge is 2.50. The molecule has 0 aromatic carbocycles. The predicted octanol–water partition coefficient (Wildman–Crippen LogP) is -0.256. The summed E-state index contributed by atoms with van der Waals surface area (Å²) in [5.74, 6) is 4.40. The summed E-state index contributed by atoms with van der Waals surface area (Å²) in [5, 5.41) is 30.0. The Balaban J connectivity index is 2.97. The number of carbonyl (C=O) groups excluding carboxylic acids is 1. The van der Waals surface area contributed by atoms with Crippen molar-refractivity contribution in [2.24, 2.45) is 0 Å². The third-order valence-electron chi connectivity index (χ3n) is 2.83. The Morgan fingerprint density at radius 1 is 1.39 bits per heavy atom. The number of allylic oxidation sites excluding steroid dienone is 1. The van der Waals surface area contributed by atoms with Gasteiger partial charge in [-0.1, -0.05) is 18.4 Å². The highest BCUT2D eigenvalue weighted by Crippen LogP contribution is 2.31. The SMILES string of the molecule is C=C(C)C#CC1(O)C(O)CCC(OC(C)=O)C1O. The zero-order chi connectivity index (χ0) is 13.9. The van der Waals surface area contributed by atoms with Gasteiger partial charge in [-0.05, 0) is 25.3 Å². The molecule has 5 heteroatoms. The molecule has 100 valence electrons. The number of hydrogen-bond donors (Lipinski definition) is 3. The van der Waals surface area contributed by atoms with Crippen LogP contribution < -0.4 is 0 Å². The minimum Gasteiger partial charge on any atom is -0.460 e. The molecule has 5 nitrogen and oxygen atoms in total. The van der Waals surface area contributed by atoms with Gasteiger partial charge in [-0.25, -0.2) is 0 Å². The molecule has 1 rings (SSSR count). The Morgan fingerprint density at radius 3 is 2.50 bits per heavy atom. The standard InChI is InChI=1S/C13H18O5/c1-8(2)6-7-13(17)11(15)5-4-10(12(13)16)18-9(3)14/h10-12,15-17H,1,4-5H2,2-3H3. The summed E-state index contributed by atoms with van der Waals surface area (Å²) < 4.78 is 4.90. The Kier molecular flexibility index (Phi) is 4.52. The average Bonchev–Trinajstić information content (AvgIpc) is 2.27. The third kappa shape index (κ3) is 3.10. The Labute approximate surface area is 106 Å². The molecule has 0 bridgehead atoms. The van der Waals surface area contributed by atoms with E-state index in [9.17, 15) is 20.1 Å². The monoisotopic (exact) mass is 254 g/mol. The molecule has 4 unspecified atom stereocenters. The smallest absolute Gasteiger partial charge is 0.302 e. The first-order valence-electron chi connectivity index (χ1n) is 5.71. The van der Waals surface area contributed by atoms with Crippen molar-refractivity contribution in [2.75, 3.05) is 0 Å². The minimum atomic E-state index is -2.00. The predicted molar refractivity (Wildman–Crippen MR) is 64.3 cm³/mol. The Hall–Kier alpha value is -1.35. The van der Waals surface area contributed by atoms with Crippen molar-refractivity contribution < 1.29 is 24.9 Å². The fourth-order valence-electron chi connectivity index (χ4n) is 1.88. The van der Waals surface area contributed by atoms with E-state index in [0.29, 0.717) is 5.57 Å². The van der Waals surface area contributed by atoms with E-state index in [1.807, 2.05) is 0 Å². The van der Waals surface area contributed by atoms with Gasteiger partial charge in [0.2, 0.25) is 0 Å². The fraction of sp³-hybridized carbons (Fsp3) is 0.615. The molecule has 3 N–H and O–H groups in total. The van der Waals surface area contributed by atoms with Crippen molar-refractivity contribution >= 4 is 5.97 Å². The third-order valence-corrected chi connectivity index (χ3v) is 2.83. The first kappa shape index (κ1) is 14.7. The molecule has 4 atom stereocenters. The summed E-state index contributed by atoms with van der Waals surface area (Å²) in [7, 11) is 0. The molecular formula is C13H18O5. The summed E-state index contributed by atoms with van der Waals surface area (Å²) in [6, 6.07) is 0. The zero-order valence-corrected chi connectivity index (χ0v) is 10.5. The number of aliphatic hydroxyl groups excluding tert-OH is 2. The highest BCUT2D eigenvalue weighted by molar-refractivity contribution is 5.66. The number of carbonyl (C=O) groups is 1. The lowest BCUT2D eigenvalue weighted by Crippen LogP contribution is -2.60. The molecule has 1 aliphatic rings. The highest BCUT2D eigenvalue weighted by atomic mass is 16.6. The normalized spacial score (nSPS) is 35.3. The Bertz CT molecular complexity index is 405. The van der Waals surface area contributed by atoms with Crippen molar-refractivity contribution in [2.45, 2.75) is 50.6 Å². The first-order valence-corrected chi connectivity index (χ1v) is 5.71. The lowest BCUT2D eigenvalue weighted by molar-refractivity contribution is -0.192. The van der Waals surface area contributed by atoms with Gasteiger partial charge in [-0.15, -0.1) is 0 Å². The lowest BCUT2D eigenvalue weighted by Gasteiger charge is -2.41. The number of ether oxygens (including phenoxy) is 1. The maximum absolute atomic E-state index is 10.9. The molecular weight excluding hydrogens is 236 g/mol. The van der Waals surface area contributed by atoms with E-state index < -0.39 is 29.9 Å². The molecule has 0 aromatic rings. The minimum absolute atomic E-state index is 0.191. The van der Waals surface area contributed by atoms with Crippen molar-refractivity contribution in [3.63, 3.8) is 0 Å². The van der Waals surface area contributed by atoms with Gasteiger partial charge in [0.25, 0.3) is 0 Å². The van der Waals surface area contributed by atoms with Gasteiger partial charge in [0, 0.05) is 6.92 Å². The van der Waals surface area contributed by atoms with Gasteiger partial charge >= 0.3 is 5.97 Å². The van der Waals surface area contributed by atoms with Crippen LogP contribution >= 0.6 is 0 Å². The molecule has 0 aliphatic heterocycles. The first-order chi connectivity index (χ1) is 8.27. The van der Waals surface area contributed by atoms with Crippen LogP contribution in [0.3, 0.4) is 0 Å². The topological polar surface area (TPSA) is 87.0 Å². The van der Waals surface area contributed by atoms with Crippen molar-refractivity contribution in [1.29, 1.82) is 0 Å². The van der Waals surface area contributed by atoms with Crippen LogP contribution in [0, 0.1) is 11.8 Å². The van der Waals surface area contributed by atoms with E-state index in [1.54, 1.807) is 6.92 Å². The summed E-state index contributed by atoms with van der Waals surface area (Å²) in [5.41, 5.74) is -1.51. The van der Waals surface area contributed by atoms with Crippen LogP contribution in [0.15, 0.2) is 12.2 Å².